The molecule has 0 fully saturated rings. The number of carbonyl (C=O) groups excluding carboxylic acids is 1. The second kappa shape index (κ2) is 3.75. The normalized spacial score (nSPS) is 9.86. The third-order valence-electron chi connectivity index (χ3n) is 1.66. The number of hydrogen-bond acceptors (Lipinski definition) is 4. The molecule has 5 nitrogen and oxygen atoms in total. The van der Waals surface area contributed by atoms with Crippen molar-refractivity contribution in [1.29, 1.82) is 0 Å². The van der Waals surface area contributed by atoms with Gasteiger partial charge in [-0.05, 0) is 35.0 Å². The molecule has 0 heterocycles. The summed E-state index contributed by atoms with van der Waals surface area (Å²) in [6.07, 6.45) is 0. The predicted molar refractivity (Wildman–Crippen MR) is 52.5 cm³/mol. The van der Waals surface area contributed by atoms with Gasteiger partial charge in [-0.25, -0.2) is 0 Å². The van der Waals surface area contributed by atoms with E-state index in [1.807, 2.05) is 0 Å². The summed E-state index contributed by atoms with van der Waals surface area (Å²) >= 11 is 2.93. The molecule has 1 aromatic rings. The summed E-state index contributed by atoms with van der Waals surface area (Å²) in [5.41, 5.74) is -0.664. The van der Waals surface area contributed by atoms with E-state index >= 15 is 0 Å². The van der Waals surface area contributed by atoms with Gasteiger partial charge in [0.1, 0.15) is 0 Å². The van der Waals surface area contributed by atoms with Crippen molar-refractivity contribution in [3.8, 4) is 5.75 Å². The Morgan fingerprint density at radius 3 is 2.57 bits per heavy atom. The van der Waals surface area contributed by atoms with E-state index in [0.29, 0.717) is 0 Å². The maximum atomic E-state index is 11.0. The number of carbonyl (C=O) groups is 1. The molecule has 0 atom stereocenters. The minimum Gasteiger partial charge on any atom is -0.501 e. The van der Waals surface area contributed by atoms with Crippen LogP contribution in [0.4, 0.5) is 5.69 Å². The topological polar surface area (TPSA) is 80.4 Å². The van der Waals surface area contributed by atoms with Crippen molar-refractivity contribution in [2.24, 2.45) is 0 Å². The summed E-state index contributed by atoms with van der Waals surface area (Å²) in [7, 11) is 0. The van der Waals surface area contributed by atoms with Crippen molar-refractivity contribution in [2.75, 3.05) is 0 Å². The fraction of sp³-hybridized carbons (Fsp3) is 0.125. The minimum atomic E-state index is -0.781. The molecule has 0 amide bonds. The summed E-state index contributed by atoms with van der Waals surface area (Å²) in [6.45, 7) is 1.20. The number of hydrogen-bond donors (Lipinski definition) is 1. The number of halogens is 1. The average Bonchev–Trinajstić information content (AvgIpc) is 2.08. The highest BCUT2D eigenvalue weighted by atomic mass is 79.9. The third-order valence-corrected chi connectivity index (χ3v) is 2.30. The number of nitro benzene ring substituents is 1. The number of benzene rings is 1. The van der Waals surface area contributed by atoms with Crippen molar-refractivity contribution in [3.63, 3.8) is 0 Å². The Morgan fingerprint density at radius 1 is 1.57 bits per heavy atom. The van der Waals surface area contributed by atoms with Crippen LogP contribution in [0.15, 0.2) is 16.6 Å². The van der Waals surface area contributed by atoms with Gasteiger partial charge in [0.15, 0.2) is 5.78 Å². The van der Waals surface area contributed by atoms with Crippen LogP contribution in [0.5, 0.6) is 5.75 Å². The third kappa shape index (κ3) is 1.74. The van der Waals surface area contributed by atoms with Crippen LogP contribution in [0.1, 0.15) is 17.3 Å². The Labute approximate surface area is 87.6 Å². The van der Waals surface area contributed by atoms with Gasteiger partial charge < -0.3 is 5.11 Å². The number of ketones is 1. The molecule has 0 saturated carbocycles. The van der Waals surface area contributed by atoms with Crippen molar-refractivity contribution >= 4 is 27.4 Å². The highest BCUT2D eigenvalue weighted by molar-refractivity contribution is 9.10. The van der Waals surface area contributed by atoms with Crippen LogP contribution < -0.4 is 0 Å². The quantitative estimate of drug-likeness (QED) is 0.502. The van der Waals surface area contributed by atoms with Gasteiger partial charge in [-0.3, -0.25) is 14.9 Å². The summed E-state index contributed by atoms with van der Waals surface area (Å²) in [5.74, 6) is -0.984. The SMILES string of the molecule is CC(=O)c1ccc(Br)c(O)c1[N+](=O)[O-]. The van der Waals surface area contributed by atoms with E-state index in [2.05, 4.69) is 15.9 Å². The van der Waals surface area contributed by atoms with E-state index in [1.165, 1.54) is 19.1 Å². The number of aromatic hydroxyl groups is 1. The largest absolute Gasteiger partial charge is 0.501 e. The molecule has 0 spiro atoms. The molecule has 0 aliphatic rings. The van der Waals surface area contributed by atoms with Gasteiger partial charge in [0, 0.05) is 0 Å². The fourth-order valence-corrected chi connectivity index (χ4v) is 1.34. The van der Waals surface area contributed by atoms with Crippen LogP contribution in [0.3, 0.4) is 0 Å². The zero-order valence-corrected chi connectivity index (χ0v) is 8.74. The number of phenolic OH excluding ortho intramolecular Hbond substituents is 1. The first kappa shape index (κ1) is 10.6. The molecule has 0 aliphatic carbocycles. The first-order valence-electron chi connectivity index (χ1n) is 3.62. The zero-order valence-electron chi connectivity index (χ0n) is 7.15. The van der Waals surface area contributed by atoms with Crippen molar-refractivity contribution in [2.45, 2.75) is 6.92 Å². The van der Waals surface area contributed by atoms with E-state index < -0.39 is 22.1 Å². The summed E-state index contributed by atoms with van der Waals surface area (Å²) in [5, 5.41) is 19.9. The molecule has 14 heavy (non-hydrogen) atoms. The van der Waals surface area contributed by atoms with E-state index in [0.717, 1.165) is 0 Å². The van der Waals surface area contributed by atoms with E-state index in [4.69, 9.17) is 0 Å². The molecule has 0 radical (unpaired) electrons. The Hall–Kier alpha value is -1.43. The molecular formula is C8H6BrNO4. The monoisotopic (exact) mass is 259 g/mol. The molecule has 0 saturated heterocycles. The van der Waals surface area contributed by atoms with Crippen LogP contribution in [-0.4, -0.2) is 15.8 Å². The Kier molecular flexibility index (Phi) is 2.85. The molecular weight excluding hydrogens is 254 g/mol. The Morgan fingerprint density at radius 2 is 2.14 bits per heavy atom. The van der Waals surface area contributed by atoms with Crippen molar-refractivity contribution in [3.05, 3.63) is 32.3 Å². The predicted octanol–water partition coefficient (Wildman–Crippen LogP) is 2.27. The van der Waals surface area contributed by atoms with Crippen LogP contribution in [0, 0.1) is 10.1 Å². The van der Waals surface area contributed by atoms with E-state index in [-0.39, 0.29) is 10.0 Å². The number of nitro groups is 1. The van der Waals surface area contributed by atoms with Gasteiger partial charge in [-0.2, -0.15) is 0 Å². The lowest BCUT2D eigenvalue weighted by Gasteiger charge is -2.02. The summed E-state index contributed by atoms with van der Waals surface area (Å²) in [4.78, 5) is 20.8. The smallest absolute Gasteiger partial charge is 0.322 e. The van der Waals surface area contributed by atoms with Gasteiger partial charge in [0.05, 0.1) is 15.0 Å². The average molecular weight is 260 g/mol. The van der Waals surface area contributed by atoms with Crippen molar-refractivity contribution in [1.82, 2.24) is 0 Å². The minimum absolute atomic E-state index is 0.101. The Balaban J connectivity index is 3.53. The first-order chi connectivity index (χ1) is 6.45. The lowest BCUT2D eigenvalue weighted by Crippen LogP contribution is -2.00. The molecule has 1 aromatic carbocycles. The molecule has 0 aromatic heterocycles. The van der Waals surface area contributed by atoms with Crippen LogP contribution >= 0.6 is 15.9 Å². The van der Waals surface area contributed by atoms with Crippen molar-refractivity contribution < 1.29 is 14.8 Å². The van der Waals surface area contributed by atoms with Gasteiger partial charge >= 0.3 is 5.69 Å². The highest BCUT2D eigenvalue weighted by Crippen LogP contribution is 2.36. The molecule has 0 unspecified atom stereocenters. The van der Waals surface area contributed by atoms with Crippen LogP contribution in [-0.2, 0) is 0 Å². The molecule has 0 bridgehead atoms. The lowest BCUT2D eigenvalue weighted by molar-refractivity contribution is -0.386. The van der Waals surface area contributed by atoms with Gasteiger partial charge in [0.2, 0.25) is 5.75 Å². The van der Waals surface area contributed by atoms with Gasteiger partial charge in [0.25, 0.3) is 0 Å². The lowest BCUT2D eigenvalue weighted by atomic mass is 10.1. The fourth-order valence-electron chi connectivity index (χ4n) is 1.02. The Bertz CT molecular complexity index is 416. The highest BCUT2D eigenvalue weighted by Gasteiger charge is 2.24. The van der Waals surface area contributed by atoms with Crippen LogP contribution in [0.2, 0.25) is 0 Å². The maximum Gasteiger partial charge on any atom is 0.322 e. The second-order valence-electron chi connectivity index (χ2n) is 2.61. The summed E-state index contributed by atoms with van der Waals surface area (Å²) in [6, 6.07) is 2.68. The first-order valence-corrected chi connectivity index (χ1v) is 4.41. The van der Waals surface area contributed by atoms with Gasteiger partial charge in [-0.15, -0.1) is 0 Å². The molecule has 1 rings (SSSR count). The number of nitrogens with zero attached hydrogens (tertiary/aromatic N) is 1. The molecule has 6 heteroatoms. The van der Waals surface area contributed by atoms with E-state index in [1.54, 1.807) is 0 Å². The molecule has 74 valence electrons. The van der Waals surface area contributed by atoms with Crippen LogP contribution in [0.25, 0.3) is 0 Å². The second-order valence-corrected chi connectivity index (χ2v) is 3.46. The number of Topliss-reactive ketones (excluding diaryl/α,β-unsaturated/α-hetero) is 1. The van der Waals surface area contributed by atoms with E-state index in [9.17, 15) is 20.0 Å². The molecule has 1 N–H and O–H groups in total. The number of rotatable bonds is 2. The zero-order chi connectivity index (χ0) is 10.9. The standard InChI is InChI=1S/C8H6BrNO4/c1-4(11)5-2-3-6(9)8(12)7(5)10(13)14/h2-3,12H,1H3. The number of phenols is 1. The summed E-state index contributed by atoms with van der Waals surface area (Å²) < 4.78 is 0.189. The maximum absolute atomic E-state index is 11.0. The van der Waals surface area contributed by atoms with Gasteiger partial charge in [-0.1, -0.05) is 0 Å². The molecule has 0 aliphatic heterocycles.